The van der Waals surface area contributed by atoms with Gasteiger partial charge >= 0.3 is 0 Å². The molecule has 0 unspecified atom stereocenters. The van der Waals surface area contributed by atoms with Crippen LogP contribution in [-0.2, 0) is 18.4 Å². The van der Waals surface area contributed by atoms with Crippen molar-refractivity contribution < 1.29 is 14.7 Å². The lowest BCUT2D eigenvalue weighted by molar-refractivity contribution is -0.116. The Kier molecular flexibility index (Phi) is 6.85. The Morgan fingerprint density at radius 3 is 2.54 bits per heavy atom. The molecule has 37 heavy (non-hydrogen) atoms. The summed E-state index contributed by atoms with van der Waals surface area (Å²) in [6.45, 7) is 1.46. The van der Waals surface area contributed by atoms with Gasteiger partial charge in [0.1, 0.15) is 29.6 Å². The third-order valence-electron chi connectivity index (χ3n) is 5.85. The first-order chi connectivity index (χ1) is 17.4. The third-order valence-corrected chi connectivity index (χ3v) is 6.44. The van der Waals surface area contributed by atoms with Crippen molar-refractivity contribution >= 4 is 57.6 Å². The van der Waals surface area contributed by atoms with E-state index < -0.39 is 17.6 Å². The number of halogens is 2. The fraction of sp³-hybridized carbons (Fsp3) is 0.208. The molecule has 0 fully saturated rings. The van der Waals surface area contributed by atoms with Crippen molar-refractivity contribution in [1.82, 2.24) is 19.1 Å². The molecule has 0 radical (unpaired) electrons. The van der Waals surface area contributed by atoms with Crippen LogP contribution in [0, 0.1) is 6.92 Å². The Morgan fingerprint density at radius 2 is 1.89 bits per heavy atom. The van der Waals surface area contributed by atoms with Gasteiger partial charge in [-0.05, 0) is 24.6 Å². The predicted molar refractivity (Wildman–Crippen MR) is 143 cm³/mol. The highest BCUT2D eigenvalue weighted by Crippen LogP contribution is 2.36. The molecular formula is C24H23Cl2N7O4. The van der Waals surface area contributed by atoms with Crippen LogP contribution < -0.4 is 21.5 Å². The Hall–Kier alpha value is -4.09. The summed E-state index contributed by atoms with van der Waals surface area (Å²) in [6, 6.07) is 4.38. The van der Waals surface area contributed by atoms with Crippen molar-refractivity contribution in [2.45, 2.75) is 13.5 Å². The monoisotopic (exact) mass is 543 g/mol. The van der Waals surface area contributed by atoms with Crippen LogP contribution in [0.1, 0.15) is 16.2 Å². The minimum Gasteiger partial charge on any atom is -0.506 e. The Bertz CT molecular complexity index is 1640. The lowest BCUT2D eigenvalue weighted by Crippen LogP contribution is -2.22. The van der Waals surface area contributed by atoms with Crippen LogP contribution in [-0.4, -0.2) is 50.1 Å². The van der Waals surface area contributed by atoms with E-state index in [1.54, 1.807) is 31.1 Å². The van der Waals surface area contributed by atoms with Gasteiger partial charge in [-0.15, -0.1) is 0 Å². The predicted octanol–water partition coefficient (Wildman–Crippen LogP) is 2.92. The number of nitrogens with zero attached hydrogens (tertiary/aromatic N) is 5. The molecule has 0 aliphatic carbocycles. The lowest BCUT2D eigenvalue weighted by Gasteiger charge is -2.14. The highest BCUT2D eigenvalue weighted by Gasteiger charge is 2.22. The van der Waals surface area contributed by atoms with E-state index in [9.17, 15) is 19.5 Å². The topological polar surface area (TPSA) is 148 Å². The van der Waals surface area contributed by atoms with Gasteiger partial charge in [0.15, 0.2) is 0 Å². The van der Waals surface area contributed by atoms with Crippen LogP contribution in [0.2, 0.25) is 10.0 Å². The number of aromatic nitrogens is 4. The molecule has 0 saturated heterocycles. The van der Waals surface area contributed by atoms with E-state index in [-0.39, 0.29) is 38.7 Å². The third kappa shape index (κ3) is 4.83. The average Bonchev–Trinajstić information content (AvgIpc) is 3.18. The summed E-state index contributed by atoms with van der Waals surface area (Å²) in [5.41, 5.74) is 6.15. The van der Waals surface area contributed by atoms with Crippen LogP contribution in [0.4, 0.5) is 11.5 Å². The van der Waals surface area contributed by atoms with Gasteiger partial charge in [0.25, 0.3) is 11.5 Å². The second-order valence-corrected chi connectivity index (χ2v) is 9.39. The number of carbonyl (C=O) groups is 2. The van der Waals surface area contributed by atoms with Crippen molar-refractivity contribution in [1.29, 1.82) is 0 Å². The average molecular weight is 544 g/mol. The lowest BCUT2D eigenvalue weighted by atomic mass is 10.0. The van der Waals surface area contributed by atoms with Crippen molar-refractivity contribution in [2.24, 2.45) is 12.8 Å². The first-order valence-electron chi connectivity index (χ1n) is 10.9. The zero-order chi connectivity index (χ0) is 27.2. The number of carbonyl (C=O) groups excluding carboxylic acids is 2. The Balaban J connectivity index is 1.83. The molecule has 4 rings (SSSR count). The van der Waals surface area contributed by atoms with Crippen molar-refractivity contribution in [3.8, 4) is 16.9 Å². The molecule has 2 amide bonds. The molecular weight excluding hydrogens is 521 g/mol. The zero-order valence-corrected chi connectivity index (χ0v) is 21.8. The number of pyridine rings is 1. The molecule has 0 saturated carbocycles. The van der Waals surface area contributed by atoms with Crippen LogP contribution >= 0.6 is 23.2 Å². The van der Waals surface area contributed by atoms with Crippen LogP contribution in [0.15, 0.2) is 35.4 Å². The number of rotatable bonds is 6. The summed E-state index contributed by atoms with van der Waals surface area (Å²) in [5.74, 6) is -0.753. The van der Waals surface area contributed by atoms with Crippen LogP contribution in [0.25, 0.3) is 22.2 Å². The summed E-state index contributed by atoms with van der Waals surface area (Å²) in [4.78, 5) is 48.6. The van der Waals surface area contributed by atoms with Crippen molar-refractivity contribution in [2.75, 3.05) is 24.3 Å². The second-order valence-electron chi connectivity index (χ2n) is 8.58. The molecule has 0 atom stereocenters. The molecule has 0 aliphatic rings. The van der Waals surface area contributed by atoms with Gasteiger partial charge in [-0.2, -0.15) is 0 Å². The van der Waals surface area contributed by atoms with Gasteiger partial charge < -0.3 is 25.6 Å². The number of benzene rings is 1. The first-order valence-corrected chi connectivity index (χ1v) is 11.7. The van der Waals surface area contributed by atoms with E-state index in [1.807, 2.05) is 14.1 Å². The summed E-state index contributed by atoms with van der Waals surface area (Å²) in [6.07, 6.45) is 3.00. The van der Waals surface area contributed by atoms with Crippen molar-refractivity contribution in [3.05, 3.63) is 62.4 Å². The normalized spacial score (nSPS) is 11.1. The highest BCUT2D eigenvalue weighted by molar-refractivity contribution is 6.34. The van der Waals surface area contributed by atoms with Crippen LogP contribution in [0.5, 0.6) is 5.75 Å². The molecule has 0 aliphatic heterocycles. The van der Waals surface area contributed by atoms with E-state index in [2.05, 4.69) is 15.3 Å². The number of hydrogen-bond donors (Lipinski definition) is 3. The molecule has 13 heteroatoms. The molecule has 0 spiro atoms. The van der Waals surface area contributed by atoms with E-state index in [1.165, 1.54) is 27.5 Å². The van der Waals surface area contributed by atoms with E-state index in [4.69, 9.17) is 28.9 Å². The molecule has 4 N–H and O–H groups in total. The summed E-state index contributed by atoms with van der Waals surface area (Å²) in [7, 11) is 5.19. The Labute approximate surface area is 221 Å². The van der Waals surface area contributed by atoms with Gasteiger partial charge in [0.2, 0.25) is 5.91 Å². The maximum Gasteiger partial charge on any atom is 0.263 e. The Morgan fingerprint density at radius 1 is 1.19 bits per heavy atom. The van der Waals surface area contributed by atoms with Gasteiger partial charge in [-0.1, -0.05) is 23.2 Å². The number of fused-ring (bicyclic) bond motifs is 1. The number of nitrogens with two attached hydrogens (primary N) is 1. The number of phenols is 1. The van der Waals surface area contributed by atoms with Crippen molar-refractivity contribution in [3.63, 3.8) is 0 Å². The fourth-order valence-electron chi connectivity index (χ4n) is 3.81. The second kappa shape index (κ2) is 9.75. The first kappa shape index (κ1) is 26.0. The number of aryl methyl sites for hydroxylation is 1. The molecule has 0 bridgehead atoms. The highest BCUT2D eigenvalue weighted by atomic mass is 35.5. The molecule has 4 aromatic rings. The largest absolute Gasteiger partial charge is 0.506 e. The maximum atomic E-state index is 13.3. The van der Waals surface area contributed by atoms with Gasteiger partial charge in [-0.3, -0.25) is 19.0 Å². The van der Waals surface area contributed by atoms with E-state index >= 15 is 0 Å². The molecule has 192 valence electrons. The van der Waals surface area contributed by atoms with Gasteiger partial charge in [0, 0.05) is 39.0 Å². The standard InChI is InChI=1S/C24H23Cl2N7O4/c1-11-29-23-20(24(37)32(11)4)14(12-5-13(22(27)36)21(35)15(25)6-12)9-33(23)10-19(34)30-17-7-18(31(2)3)28-8-16(17)26/h5-9,35H,10H2,1-4H3,(H2,27,36)(H,28,30,34). The summed E-state index contributed by atoms with van der Waals surface area (Å²) >= 11 is 12.4. The zero-order valence-electron chi connectivity index (χ0n) is 20.3. The number of aromatic hydroxyl groups is 1. The molecule has 11 nitrogen and oxygen atoms in total. The fourth-order valence-corrected chi connectivity index (χ4v) is 4.18. The summed E-state index contributed by atoms with van der Waals surface area (Å²) in [5, 5.41) is 13.3. The number of nitrogens with one attached hydrogen (secondary N) is 1. The molecule has 3 aromatic heterocycles. The van der Waals surface area contributed by atoms with E-state index in [0.717, 1.165) is 0 Å². The molecule has 1 aromatic carbocycles. The minimum atomic E-state index is -0.891. The quantitative estimate of drug-likeness (QED) is 0.338. The maximum absolute atomic E-state index is 13.3. The smallest absolute Gasteiger partial charge is 0.263 e. The van der Waals surface area contributed by atoms with Crippen LogP contribution in [0.3, 0.4) is 0 Å². The number of hydrogen-bond acceptors (Lipinski definition) is 7. The minimum absolute atomic E-state index is 0.120. The molecule has 3 heterocycles. The SMILES string of the molecule is Cc1nc2c(c(-c3cc(Cl)c(O)c(C(N)=O)c3)cn2CC(=O)Nc2cc(N(C)C)ncc2Cl)c(=O)n1C. The number of primary amides is 1. The number of amides is 2. The van der Waals surface area contributed by atoms with E-state index in [0.29, 0.717) is 28.5 Å². The van der Waals surface area contributed by atoms with Gasteiger partial charge in [0.05, 0.1) is 32.9 Å². The van der Waals surface area contributed by atoms with Gasteiger partial charge in [-0.25, -0.2) is 9.97 Å². The number of anilines is 2. The summed E-state index contributed by atoms with van der Waals surface area (Å²) < 4.78 is 2.88.